The molecule has 0 unspecified atom stereocenters. The lowest BCUT2D eigenvalue weighted by atomic mass is 10.1. The predicted octanol–water partition coefficient (Wildman–Crippen LogP) is 4.02. The second-order valence-electron chi connectivity index (χ2n) is 5.21. The molecular weight excluding hydrogens is 262 g/mol. The Morgan fingerprint density at radius 1 is 1.05 bits per heavy atom. The lowest BCUT2D eigenvalue weighted by Crippen LogP contribution is -2.16. The Morgan fingerprint density at radius 2 is 1.76 bits per heavy atom. The maximum atomic E-state index is 11.9. The van der Waals surface area contributed by atoms with Crippen molar-refractivity contribution in [2.24, 2.45) is 0 Å². The highest BCUT2D eigenvalue weighted by Gasteiger charge is 2.06. The minimum Gasteiger partial charge on any atom is -0.493 e. The lowest BCUT2D eigenvalue weighted by molar-refractivity contribution is -0.116. The van der Waals surface area contributed by atoms with E-state index in [0.717, 1.165) is 17.0 Å². The third kappa shape index (κ3) is 4.35. The van der Waals surface area contributed by atoms with Crippen LogP contribution in [0.3, 0.4) is 0 Å². The van der Waals surface area contributed by atoms with Gasteiger partial charge >= 0.3 is 0 Å². The number of aryl methyl sites for hydroxylation is 2. The smallest absolute Gasteiger partial charge is 0.227 e. The largest absolute Gasteiger partial charge is 0.493 e. The third-order valence-corrected chi connectivity index (χ3v) is 3.50. The summed E-state index contributed by atoms with van der Waals surface area (Å²) in [5, 5.41) is 2.93. The standard InChI is InChI=1S/C18H21NO2/c1-13-7-9-16(10-8-13)21-12-11-18(20)19-17-6-4-5-14(2)15(17)3/h4-10H,11-12H2,1-3H3,(H,19,20). The Bertz CT molecular complexity index is 618. The molecule has 0 bridgehead atoms. The van der Waals surface area contributed by atoms with Gasteiger partial charge in [-0.05, 0) is 50.1 Å². The fourth-order valence-corrected chi connectivity index (χ4v) is 2.00. The van der Waals surface area contributed by atoms with Crippen LogP contribution in [0.1, 0.15) is 23.1 Å². The number of nitrogens with one attached hydrogen (secondary N) is 1. The Morgan fingerprint density at radius 3 is 2.48 bits per heavy atom. The molecule has 1 amide bonds. The second-order valence-corrected chi connectivity index (χ2v) is 5.21. The Kier molecular flexibility index (Phi) is 4.99. The van der Waals surface area contributed by atoms with Crippen molar-refractivity contribution in [3.8, 4) is 5.75 Å². The van der Waals surface area contributed by atoms with E-state index in [-0.39, 0.29) is 5.91 Å². The van der Waals surface area contributed by atoms with Gasteiger partial charge in [0.1, 0.15) is 5.75 Å². The topological polar surface area (TPSA) is 38.3 Å². The van der Waals surface area contributed by atoms with Crippen LogP contribution in [0, 0.1) is 20.8 Å². The van der Waals surface area contributed by atoms with E-state index in [1.54, 1.807) is 0 Å². The number of rotatable bonds is 5. The van der Waals surface area contributed by atoms with Crippen LogP contribution >= 0.6 is 0 Å². The van der Waals surface area contributed by atoms with Gasteiger partial charge in [0, 0.05) is 5.69 Å². The number of ether oxygens (including phenoxy) is 1. The molecule has 1 N–H and O–H groups in total. The van der Waals surface area contributed by atoms with E-state index in [2.05, 4.69) is 5.32 Å². The van der Waals surface area contributed by atoms with Crippen molar-refractivity contribution in [1.29, 1.82) is 0 Å². The average Bonchev–Trinajstić information content (AvgIpc) is 2.46. The molecule has 3 nitrogen and oxygen atoms in total. The minimum atomic E-state index is -0.0317. The summed E-state index contributed by atoms with van der Waals surface area (Å²) in [7, 11) is 0. The normalized spacial score (nSPS) is 10.2. The van der Waals surface area contributed by atoms with Crippen molar-refractivity contribution in [3.05, 3.63) is 59.2 Å². The first-order valence-corrected chi connectivity index (χ1v) is 7.12. The molecule has 0 heterocycles. The third-order valence-electron chi connectivity index (χ3n) is 3.50. The average molecular weight is 283 g/mol. The van der Waals surface area contributed by atoms with E-state index < -0.39 is 0 Å². The number of carbonyl (C=O) groups excluding carboxylic acids is 1. The minimum absolute atomic E-state index is 0.0317. The summed E-state index contributed by atoms with van der Waals surface area (Å²) in [5.74, 6) is 0.760. The molecule has 2 aromatic carbocycles. The molecule has 21 heavy (non-hydrogen) atoms. The van der Waals surface area contributed by atoms with Gasteiger partial charge in [-0.1, -0.05) is 29.8 Å². The fraction of sp³-hybridized carbons (Fsp3) is 0.278. The van der Waals surface area contributed by atoms with E-state index in [1.165, 1.54) is 11.1 Å². The number of anilines is 1. The fourth-order valence-electron chi connectivity index (χ4n) is 2.00. The number of benzene rings is 2. The van der Waals surface area contributed by atoms with Crippen molar-refractivity contribution in [3.63, 3.8) is 0 Å². The van der Waals surface area contributed by atoms with E-state index in [1.807, 2.05) is 63.2 Å². The summed E-state index contributed by atoms with van der Waals surface area (Å²) in [6.45, 7) is 6.44. The van der Waals surface area contributed by atoms with E-state index in [9.17, 15) is 4.79 Å². The number of hydrogen-bond donors (Lipinski definition) is 1. The molecule has 0 aliphatic heterocycles. The first-order chi connectivity index (χ1) is 10.1. The van der Waals surface area contributed by atoms with Gasteiger partial charge in [0.25, 0.3) is 0 Å². The summed E-state index contributed by atoms with van der Waals surface area (Å²) in [4.78, 5) is 11.9. The summed E-state index contributed by atoms with van der Waals surface area (Å²) in [6, 6.07) is 13.7. The molecule has 0 atom stereocenters. The van der Waals surface area contributed by atoms with Gasteiger partial charge in [-0.25, -0.2) is 0 Å². The van der Waals surface area contributed by atoms with Gasteiger partial charge < -0.3 is 10.1 Å². The molecule has 2 rings (SSSR count). The van der Waals surface area contributed by atoms with Crippen LogP contribution in [0.25, 0.3) is 0 Å². The SMILES string of the molecule is Cc1ccc(OCCC(=O)Nc2cccc(C)c2C)cc1. The first kappa shape index (κ1) is 15.1. The molecule has 0 radical (unpaired) electrons. The number of carbonyl (C=O) groups is 1. The van der Waals surface area contributed by atoms with Crippen LogP contribution in [0.15, 0.2) is 42.5 Å². The van der Waals surface area contributed by atoms with E-state index >= 15 is 0 Å². The zero-order valence-electron chi connectivity index (χ0n) is 12.8. The molecule has 3 heteroatoms. The predicted molar refractivity (Wildman–Crippen MR) is 85.8 cm³/mol. The molecule has 0 saturated carbocycles. The van der Waals surface area contributed by atoms with Crippen molar-refractivity contribution >= 4 is 11.6 Å². The van der Waals surface area contributed by atoms with Crippen LogP contribution in [0.4, 0.5) is 5.69 Å². The van der Waals surface area contributed by atoms with Crippen molar-refractivity contribution in [2.45, 2.75) is 27.2 Å². The summed E-state index contributed by atoms with van der Waals surface area (Å²) < 4.78 is 5.56. The highest BCUT2D eigenvalue weighted by atomic mass is 16.5. The van der Waals surface area contributed by atoms with Crippen molar-refractivity contribution < 1.29 is 9.53 Å². The quantitative estimate of drug-likeness (QED) is 0.900. The van der Waals surface area contributed by atoms with Crippen LogP contribution < -0.4 is 10.1 Å². The maximum absolute atomic E-state index is 11.9. The van der Waals surface area contributed by atoms with Crippen LogP contribution in [-0.2, 0) is 4.79 Å². The monoisotopic (exact) mass is 283 g/mol. The van der Waals surface area contributed by atoms with Crippen molar-refractivity contribution in [1.82, 2.24) is 0 Å². The number of amides is 1. The molecule has 0 spiro atoms. The van der Waals surface area contributed by atoms with Crippen LogP contribution in [0.5, 0.6) is 5.75 Å². The second kappa shape index (κ2) is 6.93. The summed E-state index contributed by atoms with van der Waals surface area (Å²) in [6.07, 6.45) is 0.335. The summed E-state index contributed by atoms with van der Waals surface area (Å²) in [5.41, 5.74) is 4.33. The molecule has 110 valence electrons. The zero-order chi connectivity index (χ0) is 15.2. The Balaban J connectivity index is 1.82. The molecule has 0 aliphatic carbocycles. The molecular formula is C18H21NO2. The Hall–Kier alpha value is -2.29. The number of hydrogen-bond acceptors (Lipinski definition) is 2. The summed E-state index contributed by atoms with van der Waals surface area (Å²) >= 11 is 0. The van der Waals surface area contributed by atoms with Crippen LogP contribution in [-0.4, -0.2) is 12.5 Å². The van der Waals surface area contributed by atoms with Crippen molar-refractivity contribution in [2.75, 3.05) is 11.9 Å². The first-order valence-electron chi connectivity index (χ1n) is 7.12. The highest BCUT2D eigenvalue weighted by Crippen LogP contribution is 2.18. The lowest BCUT2D eigenvalue weighted by Gasteiger charge is -2.11. The van der Waals surface area contributed by atoms with Gasteiger partial charge in [-0.3, -0.25) is 4.79 Å². The van der Waals surface area contributed by atoms with E-state index in [4.69, 9.17) is 4.74 Å². The molecule has 0 saturated heterocycles. The molecule has 0 aliphatic rings. The van der Waals surface area contributed by atoms with Gasteiger partial charge in [0.05, 0.1) is 13.0 Å². The van der Waals surface area contributed by atoms with Gasteiger partial charge in [0.2, 0.25) is 5.91 Å². The Labute approximate surface area is 126 Å². The molecule has 2 aromatic rings. The molecule has 0 fully saturated rings. The van der Waals surface area contributed by atoms with E-state index in [0.29, 0.717) is 13.0 Å². The van der Waals surface area contributed by atoms with Crippen LogP contribution in [0.2, 0.25) is 0 Å². The highest BCUT2D eigenvalue weighted by molar-refractivity contribution is 5.91. The van der Waals surface area contributed by atoms with Gasteiger partial charge in [0.15, 0.2) is 0 Å². The zero-order valence-corrected chi connectivity index (χ0v) is 12.8. The van der Waals surface area contributed by atoms with Gasteiger partial charge in [-0.2, -0.15) is 0 Å². The van der Waals surface area contributed by atoms with Gasteiger partial charge in [-0.15, -0.1) is 0 Å². The molecule has 0 aromatic heterocycles. The maximum Gasteiger partial charge on any atom is 0.227 e.